The van der Waals surface area contributed by atoms with Gasteiger partial charge in [-0.1, -0.05) is 23.2 Å². The fourth-order valence-corrected chi connectivity index (χ4v) is 2.43. The molecule has 0 aliphatic heterocycles. The molecule has 2 aromatic carbocycles. The number of tetrazole rings is 1. The molecule has 0 saturated heterocycles. The van der Waals surface area contributed by atoms with Crippen LogP contribution >= 0.6 is 39.1 Å². The normalized spacial score (nSPS) is 10.8. The number of nitrogens with two attached hydrogens (primary N) is 1. The molecule has 0 aliphatic rings. The molecule has 0 atom stereocenters. The van der Waals surface area contributed by atoms with E-state index in [1.165, 1.54) is 0 Å². The Bertz CT molecular complexity index is 752. The fourth-order valence-electron chi connectivity index (χ4n) is 1.82. The van der Waals surface area contributed by atoms with Crippen LogP contribution in [-0.2, 0) is 0 Å². The van der Waals surface area contributed by atoms with Crippen LogP contribution < -0.4 is 5.73 Å². The summed E-state index contributed by atoms with van der Waals surface area (Å²) < 4.78 is 2.39. The highest BCUT2D eigenvalue weighted by molar-refractivity contribution is 9.10. The Morgan fingerprint density at radius 3 is 2.57 bits per heavy atom. The number of halogens is 3. The van der Waals surface area contributed by atoms with Crippen LogP contribution in [-0.4, -0.2) is 20.2 Å². The van der Waals surface area contributed by atoms with Crippen molar-refractivity contribution in [2.24, 2.45) is 0 Å². The van der Waals surface area contributed by atoms with Crippen molar-refractivity contribution in [1.29, 1.82) is 0 Å². The molecule has 0 aliphatic carbocycles. The van der Waals surface area contributed by atoms with Crippen molar-refractivity contribution < 1.29 is 0 Å². The molecule has 106 valence electrons. The SMILES string of the molecule is Nc1ccc(-c2nnnn2-c2ccc(Br)c(Cl)c2)cc1Cl. The zero-order valence-corrected chi connectivity index (χ0v) is 13.6. The van der Waals surface area contributed by atoms with Gasteiger partial charge in [-0.05, 0) is 62.8 Å². The molecule has 1 aromatic heterocycles. The first kappa shape index (κ1) is 14.3. The average molecular weight is 385 g/mol. The van der Waals surface area contributed by atoms with E-state index in [-0.39, 0.29) is 0 Å². The van der Waals surface area contributed by atoms with Crippen LogP contribution in [0.5, 0.6) is 0 Å². The van der Waals surface area contributed by atoms with Gasteiger partial charge in [0, 0.05) is 10.0 Å². The molecule has 0 bridgehead atoms. The van der Waals surface area contributed by atoms with Gasteiger partial charge >= 0.3 is 0 Å². The number of hydrogen-bond donors (Lipinski definition) is 1. The second-order valence-electron chi connectivity index (χ2n) is 4.25. The summed E-state index contributed by atoms with van der Waals surface area (Å²) >= 11 is 15.5. The molecule has 1 heterocycles. The van der Waals surface area contributed by atoms with Gasteiger partial charge in [0.15, 0.2) is 5.82 Å². The molecule has 8 heteroatoms. The maximum absolute atomic E-state index is 6.11. The molecule has 0 radical (unpaired) electrons. The number of hydrogen-bond acceptors (Lipinski definition) is 4. The Balaban J connectivity index is 2.12. The lowest BCUT2D eigenvalue weighted by molar-refractivity contribution is 0.791. The Morgan fingerprint density at radius 1 is 1.05 bits per heavy atom. The van der Waals surface area contributed by atoms with Gasteiger partial charge in [0.2, 0.25) is 0 Å². The zero-order chi connectivity index (χ0) is 15.0. The molecule has 21 heavy (non-hydrogen) atoms. The number of aromatic nitrogens is 4. The zero-order valence-electron chi connectivity index (χ0n) is 10.5. The standard InChI is InChI=1S/C13H8BrCl2N5/c14-9-3-2-8(6-10(9)15)21-13(18-19-20-21)7-1-4-12(17)11(16)5-7/h1-6H,17H2. The molecule has 0 unspecified atom stereocenters. The van der Waals surface area contributed by atoms with Crippen LogP contribution in [0.4, 0.5) is 5.69 Å². The highest BCUT2D eigenvalue weighted by atomic mass is 79.9. The Labute approximate surface area is 138 Å². The molecule has 2 N–H and O–H groups in total. The molecule has 0 saturated carbocycles. The van der Waals surface area contributed by atoms with E-state index in [4.69, 9.17) is 28.9 Å². The van der Waals surface area contributed by atoms with Gasteiger partial charge in [0.05, 0.1) is 21.4 Å². The smallest absolute Gasteiger partial charge is 0.187 e. The number of anilines is 1. The lowest BCUT2D eigenvalue weighted by atomic mass is 10.2. The highest BCUT2D eigenvalue weighted by Crippen LogP contribution is 2.29. The van der Waals surface area contributed by atoms with Gasteiger partial charge in [-0.3, -0.25) is 0 Å². The molecule has 5 nitrogen and oxygen atoms in total. The first-order valence-corrected chi connectivity index (χ1v) is 7.40. The quantitative estimate of drug-likeness (QED) is 0.678. The second-order valence-corrected chi connectivity index (χ2v) is 5.92. The molecule has 0 spiro atoms. The summed E-state index contributed by atoms with van der Waals surface area (Å²) in [5.74, 6) is 0.551. The minimum absolute atomic E-state index is 0.455. The van der Waals surface area contributed by atoms with E-state index in [2.05, 4.69) is 31.5 Å². The first-order valence-electron chi connectivity index (χ1n) is 5.85. The Kier molecular flexibility index (Phi) is 3.84. The van der Waals surface area contributed by atoms with Crippen molar-refractivity contribution in [3.05, 3.63) is 50.9 Å². The predicted molar refractivity (Wildman–Crippen MR) is 86.7 cm³/mol. The van der Waals surface area contributed by atoms with Gasteiger partial charge in [-0.2, -0.15) is 4.68 Å². The molecule has 0 fully saturated rings. The molecule has 0 amide bonds. The maximum atomic E-state index is 6.11. The summed E-state index contributed by atoms with van der Waals surface area (Å²) in [4.78, 5) is 0. The van der Waals surface area contributed by atoms with Crippen molar-refractivity contribution in [2.45, 2.75) is 0 Å². The lowest BCUT2D eigenvalue weighted by Gasteiger charge is -2.07. The third-order valence-corrected chi connectivity index (χ3v) is 4.44. The van der Waals surface area contributed by atoms with Crippen LogP contribution in [0, 0.1) is 0 Å². The van der Waals surface area contributed by atoms with E-state index in [9.17, 15) is 0 Å². The molecule has 3 aromatic rings. The summed E-state index contributed by atoms with van der Waals surface area (Å²) in [5.41, 5.74) is 7.73. The molecular weight excluding hydrogens is 377 g/mol. The van der Waals surface area contributed by atoms with E-state index in [1.807, 2.05) is 18.2 Å². The van der Waals surface area contributed by atoms with Crippen LogP contribution in [0.1, 0.15) is 0 Å². The topological polar surface area (TPSA) is 69.6 Å². The van der Waals surface area contributed by atoms with Crippen molar-refractivity contribution >= 4 is 44.8 Å². The van der Waals surface area contributed by atoms with Crippen LogP contribution in [0.2, 0.25) is 10.0 Å². The molecular formula is C13H8BrCl2N5. The van der Waals surface area contributed by atoms with Gasteiger partial charge in [0.1, 0.15) is 0 Å². The maximum Gasteiger partial charge on any atom is 0.187 e. The minimum atomic E-state index is 0.455. The van der Waals surface area contributed by atoms with E-state index in [0.717, 1.165) is 15.7 Å². The van der Waals surface area contributed by atoms with Crippen molar-refractivity contribution in [1.82, 2.24) is 20.2 Å². The molecule has 3 rings (SSSR count). The minimum Gasteiger partial charge on any atom is -0.398 e. The highest BCUT2D eigenvalue weighted by Gasteiger charge is 2.13. The number of nitrogen functional groups attached to an aromatic ring is 1. The number of nitrogens with zero attached hydrogens (tertiary/aromatic N) is 4. The second kappa shape index (κ2) is 5.63. The Hall–Kier alpha value is -1.63. The summed E-state index contributed by atoms with van der Waals surface area (Å²) in [6, 6.07) is 10.7. The van der Waals surface area contributed by atoms with Crippen molar-refractivity contribution in [2.75, 3.05) is 5.73 Å². The first-order chi connectivity index (χ1) is 10.1. The summed E-state index contributed by atoms with van der Waals surface area (Å²) in [6.45, 7) is 0. The van der Waals surface area contributed by atoms with Gasteiger partial charge in [0.25, 0.3) is 0 Å². The number of rotatable bonds is 2. The summed E-state index contributed by atoms with van der Waals surface area (Å²) in [7, 11) is 0. The third-order valence-electron chi connectivity index (χ3n) is 2.88. The fraction of sp³-hybridized carbons (Fsp3) is 0. The van der Waals surface area contributed by atoms with Crippen molar-refractivity contribution in [3.8, 4) is 17.1 Å². The van der Waals surface area contributed by atoms with E-state index < -0.39 is 0 Å². The van der Waals surface area contributed by atoms with Crippen LogP contribution in [0.3, 0.4) is 0 Å². The van der Waals surface area contributed by atoms with Crippen molar-refractivity contribution in [3.63, 3.8) is 0 Å². The monoisotopic (exact) mass is 383 g/mol. The van der Waals surface area contributed by atoms with Gasteiger partial charge < -0.3 is 5.73 Å². The van der Waals surface area contributed by atoms with E-state index in [0.29, 0.717) is 21.6 Å². The summed E-state index contributed by atoms with van der Waals surface area (Å²) in [6.07, 6.45) is 0. The van der Waals surface area contributed by atoms with Crippen LogP contribution in [0.25, 0.3) is 17.1 Å². The largest absolute Gasteiger partial charge is 0.398 e. The average Bonchev–Trinajstić information content (AvgIpc) is 2.94. The third kappa shape index (κ3) is 2.74. The van der Waals surface area contributed by atoms with E-state index in [1.54, 1.807) is 22.9 Å². The van der Waals surface area contributed by atoms with E-state index >= 15 is 0 Å². The lowest BCUT2D eigenvalue weighted by Crippen LogP contribution is -2.00. The Morgan fingerprint density at radius 2 is 1.86 bits per heavy atom. The van der Waals surface area contributed by atoms with Gasteiger partial charge in [-0.25, -0.2) is 0 Å². The number of benzene rings is 2. The predicted octanol–water partition coefficient (Wildman–Crippen LogP) is 3.98. The summed E-state index contributed by atoms with van der Waals surface area (Å²) in [5, 5.41) is 12.8. The van der Waals surface area contributed by atoms with Crippen LogP contribution in [0.15, 0.2) is 40.9 Å². The van der Waals surface area contributed by atoms with Gasteiger partial charge in [-0.15, -0.1) is 5.10 Å².